The van der Waals surface area contributed by atoms with Crippen molar-refractivity contribution in [3.05, 3.63) is 24.3 Å². The van der Waals surface area contributed by atoms with Gasteiger partial charge in [-0.25, -0.2) is 4.79 Å². The zero-order valence-electron chi connectivity index (χ0n) is 13.0. The topological polar surface area (TPSA) is 62.8 Å². The molecule has 2 amide bonds. The highest BCUT2D eigenvalue weighted by Crippen LogP contribution is 2.25. The third-order valence-corrected chi connectivity index (χ3v) is 2.68. The molecule has 0 saturated carbocycles. The summed E-state index contributed by atoms with van der Waals surface area (Å²) in [6.07, 6.45) is 0.911. The second kappa shape index (κ2) is 9.88. The van der Waals surface area contributed by atoms with Gasteiger partial charge in [-0.15, -0.1) is 0 Å². The smallest absolute Gasteiger partial charge is 0.317 e. The van der Waals surface area contributed by atoms with Gasteiger partial charge in [-0.2, -0.15) is 0 Å². The summed E-state index contributed by atoms with van der Waals surface area (Å²) in [6, 6.07) is 7.15. The van der Waals surface area contributed by atoms with Crippen molar-refractivity contribution in [1.82, 2.24) is 15.5 Å². The van der Waals surface area contributed by atoms with Crippen LogP contribution in [-0.4, -0.2) is 51.5 Å². The van der Waals surface area contributed by atoms with Crippen molar-refractivity contribution in [3.8, 4) is 11.5 Å². The van der Waals surface area contributed by atoms with Gasteiger partial charge in [0.05, 0.1) is 6.61 Å². The van der Waals surface area contributed by atoms with Crippen LogP contribution in [0.5, 0.6) is 11.5 Å². The fourth-order valence-corrected chi connectivity index (χ4v) is 1.68. The molecule has 6 heteroatoms. The first-order valence-corrected chi connectivity index (χ1v) is 7.14. The highest BCUT2D eigenvalue weighted by atomic mass is 16.5. The van der Waals surface area contributed by atoms with Crippen LogP contribution in [0.3, 0.4) is 0 Å². The zero-order valence-corrected chi connectivity index (χ0v) is 13.0. The van der Waals surface area contributed by atoms with E-state index in [1.165, 1.54) is 0 Å². The summed E-state index contributed by atoms with van der Waals surface area (Å²) in [5.41, 5.74) is 0. The third kappa shape index (κ3) is 7.41. The summed E-state index contributed by atoms with van der Waals surface area (Å²) >= 11 is 0. The Morgan fingerprint density at radius 3 is 2.43 bits per heavy atom. The average molecular weight is 295 g/mol. The number of ether oxygens (including phenoxy) is 2. The second-order valence-corrected chi connectivity index (χ2v) is 4.76. The van der Waals surface area contributed by atoms with Crippen LogP contribution in [0.1, 0.15) is 13.3 Å². The summed E-state index contributed by atoms with van der Waals surface area (Å²) in [6.45, 7) is 4.16. The summed E-state index contributed by atoms with van der Waals surface area (Å²) in [5, 5.41) is 5.42. The average Bonchev–Trinajstić information content (AvgIpc) is 2.45. The van der Waals surface area contributed by atoms with Crippen molar-refractivity contribution in [3.63, 3.8) is 0 Å². The van der Waals surface area contributed by atoms with Crippen LogP contribution in [0.2, 0.25) is 0 Å². The monoisotopic (exact) mass is 295 g/mol. The number of para-hydroxylation sites is 2. The lowest BCUT2D eigenvalue weighted by atomic mass is 10.3. The standard InChI is InChI=1S/C15H25N3O3/c1-4-20-13-8-5-6-9-14(13)21-12-17-15(19)16-10-7-11-18(2)3/h5-6,8-9H,4,7,10-12H2,1-3H3,(H2,16,17,19). The number of amides is 2. The Morgan fingerprint density at radius 1 is 1.14 bits per heavy atom. The Kier molecular flexibility index (Phi) is 8.04. The number of carbonyl (C=O) groups excluding carboxylic acids is 1. The molecule has 2 N–H and O–H groups in total. The first-order valence-electron chi connectivity index (χ1n) is 7.14. The van der Waals surface area contributed by atoms with Gasteiger partial charge in [-0.05, 0) is 46.1 Å². The summed E-state index contributed by atoms with van der Waals surface area (Å²) < 4.78 is 10.9. The van der Waals surface area contributed by atoms with E-state index in [1.807, 2.05) is 45.3 Å². The number of rotatable bonds is 9. The molecule has 0 atom stereocenters. The fourth-order valence-electron chi connectivity index (χ4n) is 1.68. The molecule has 0 saturated heterocycles. The number of hydrogen-bond donors (Lipinski definition) is 2. The van der Waals surface area contributed by atoms with Crippen molar-refractivity contribution < 1.29 is 14.3 Å². The van der Waals surface area contributed by atoms with Crippen LogP contribution in [0.25, 0.3) is 0 Å². The van der Waals surface area contributed by atoms with Gasteiger partial charge >= 0.3 is 6.03 Å². The van der Waals surface area contributed by atoms with Crippen LogP contribution >= 0.6 is 0 Å². The summed E-state index contributed by atoms with van der Waals surface area (Å²) in [7, 11) is 4.01. The highest BCUT2D eigenvalue weighted by molar-refractivity contribution is 5.73. The maximum Gasteiger partial charge on any atom is 0.317 e. The van der Waals surface area contributed by atoms with E-state index < -0.39 is 0 Å². The van der Waals surface area contributed by atoms with E-state index in [1.54, 1.807) is 0 Å². The molecule has 118 valence electrons. The Hall–Kier alpha value is -1.95. The van der Waals surface area contributed by atoms with Crippen molar-refractivity contribution in [2.45, 2.75) is 13.3 Å². The van der Waals surface area contributed by atoms with Crippen LogP contribution in [-0.2, 0) is 0 Å². The van der Waals surface area contributed by atoms with Gasteiger partial charge in [0.25, 0.3) is 0 Å². The minimum Gasteiger partial charge on any atom is -0.490 e. The van der Waals surface area contributed by atoms with Gasteiger partial charge < -0.3 is 25.0 Å². The van der Waals surface area contributed by atoms with Crippen molar-refractivity contribution in [1.29, 1.82) is 0 Å². The molecule has 1 aromatic carbocycles. The molecule has 6 nitrogen and oxygen atoms in total. The Bertz CT molecular complexity index is 424. The molecule has 1 rings (SSSR count). The normalized spacial score (nSPS) is 10.3. The maximum absolute atomic E-state index is 11.5. The summed E-state index contributed by atoms with van der Waals surface area (Å²) in [5.74, 6) is 1.29. The Labute approximate surface area is 126 Å². The SMILES string of the molecule is CCOc1ccccc1OCNC(=O)NCCCN(C)C. The fraction of sp³-hybridized carbons (Fsp3) is 0.533. The van der Waals surface area contributed by atoms with E-state index in [0.29, 0.717) is 24.7 Å². The third-order valence-electron chi connectivity index (χ3n) is 2.68. The molecule has 0 aromatic heterocycles. The van der Waals surface area contributed by atoms with Gasteiger partial charge in [0, 0.05) is 6.54 Å². The van der Waals surface area contributed by atoms with Gasteiger partial charge in [-0.3, -0.25) is 0 Å². The van der Waals surface area contributed by atoms with Crippen LogP contribution < -0.4 is 20.1 Å². The predicted octanol–water partition coefficient (Wildman–Crippen LogP) is 1.67. The first-order chi connectivity index (χ1) is 10.1. The molecule has 0 bridgehead atoms. The number of benzene rings is 1. The highest BCUT2D eigenvalue weighted by Gasteiger charge is 2.04. The molecule has 1 aromatic rings. The molecule has 0 aliphatic rings. The van der Waals surface area contributed by atoms with Crippen LogP contribution in [0.15, 0.2) is 24.3 Å². The van der Waals surface area contributed by atoms with Gasteiger partial charge in [0.2, 0.25) is 0 Å². The molecule has 0 aliphatic heterocycles. The van der Waals surface area contributed by atoms with E-state index in [-0.39, 0.29) is 12.8 Å². The summed E-state index contributed by atoms with van der Waals surface area (Å²) in [4.78, 5) is 13.6. The van der Waals surface area contributed by atoms with E-state index in [9.17, 15) is 4.79 Å². The van der Waals surface area contributed by atoms with Crippen molar-refractivity contribution >= 4 is 6.03 Å². The zero-order chi connectivity index (χ0) is 15.5. The maximum atomic E-state index is 11.5. The van der Waals surface area contributed by atoms with E-state index in [4.69, 9.17) is 9.47 Å². The minimum absolute atomic E-state index is 0.101. The lowest BCUT2D eigenvalue weighted by Gasteiger charge is -2.13. The van der Waals surface area contributed by atoms with Gasteiger partial charge in [0.1, 0.15) is 0 Å². The van der Waals surface area contributed by atoms with Crippen molar-refractivity contribution in [2.75, 3.05) is 40.5 Å². The molecule has 21 heavy (non-hydrogen) atoms. The molecule has 0 fully saturated rings. The molecule has 0 unspecified atom stereocenters. The van der Waals surface area contributed by atoms with Gasteiger partial charge in [-0.1, -0.05) is 12.1 Å². The number of nitrogens with one attached hydrogen (secondary N) is 2. The molecular weight excluding hydrogens is 270 g/mol. The second-order valence-electron chi connectivity index (χ2n) is 4.76. The lowest BCUT2D eigenvalue weighted by molar-refractivity contribution is 0.219. The molecule has 0 heterocycles. The number of urea groups is 1. The molecular formula is C15H25N3O3. The first kappa shape index (κ1) is 17.1. The predicted molar refractivity (Wildman–Crippen MR) is 82.8 cm³/mol. The van der Waals surface area contributed by atoms with Crippen molar-refractivity contribution in [2.24, 2.45) is 0 Å². The molecule has 0 spiro atoms. The quantitative estimate of drug-likeness (QED) is 0.537. The van der Waals surface area contributed by atoms with E-state index in [2.05, 4.69) is 15.5 Å². The minimum atomic E-state index is -0.234. The lowest BCUT2D eigenvalue weighted by Crippen LogP contribution is -2.38. The Balaban J connectivity index is 2.22. The van der Waals surface area contributed by atoms with Crippen LogP contribution in [0, 0.1) is 0 Å². The number of nitrogens with zero attached hydrogens (tertiary/aromatic N) is 1. The van der Waals surface area contributed by atoms with Crippen LogP contribution in [0.4, 0.5) is 4.79 Å². The molecule has 0 aliphatic carbocycles. The number of carbonyl (C=O) groups is 1. The van der Waals surface area contributed by atoms with E-state index in [0.717, 1.165) is 13.0 Å². The molecule has 0 radical (unpaired) electrons. The van der Waals surface area contributed by atoms with Gasteiger partial charge in [0.15, 0.2) is 18.2 Å². The largest absolute Gasteiger partial charge is 0.490 e. The van der Waals surface area contributed by atoms with E-state index >= 15 is 0 Å². The Morgan fingerprint density at radius 2 is 1.81 bits per heavy atom. The number of hydrogen-bond acceptors (Lipinski definition) is 4.